The van der Waals surface area contributed by atoms with Gasteiger partial charge in [0.2, 0.25) is 0 Å². The van der Waals surface area contributed by atoms with Gasteiger partial charge in [0.1, 0.15) is 5.69 Å². The van der Waals surface area contributed by atoms with Gasteiger partial charge in [0.25, 0.3) is 5.69 Å². The number of nitro groups is 1. The Bertz CT molecular complexity index is 667. The van der Waals surface area contributed by atoms with Crippen molar-refractivity contribution in [1.82, 2.24) is 0 Å². The Morgan fingerprint density at radius 2 is 1.95 bits per heavy atom. The van der Waals surface area contributed by atoms with E-state index in [9.17, 15) is 10.1 Å². The van der Waals surface area contributed by atoms with Gasteiger partial charge in [-0.05, 0) is 43.0 Å². The number of benzene rings is 2. The number of para-hydroxylation sites is 1. The summed E-state index contributed by atoms with van der Waals surface area (Å²) in [5.74, 6) is 0. The van der Waals surface area contributed by atoms with Crippen LogP contribution in [-0.2, 0) is 6.42 Å². The van der Waals surface area contributed by atoms with Crippen molar-refractivity contribution in [2.45, 2.75) is 19.8 Å². The number of fused-ring (bicyclic) bond motifs is 1. The number of nitro benzene ring substituents is 1. The molecule has 1 heterocycles. The van der Waals surface area contributed by atoms with E-state index in [1.165, 1.54) is 5.56 Å². The molecule has 3 rings (SSSR count). The Morgan fingerprint density at radius 1 is 1.15 bits per heavy atom. The smallest absolute Gasteiger partial charge is 0.293 e. The first-order valence-electron chi connectivity index (χ1n) is 6.77. The van der Waals surface area contributed by atoms with Crippen molar-refractivity contribution in [3.8, 4) is 0 Å². The van der Waals surface area contributed by atoms with Gasteiger partial charge >= 0.3 is 0 Å². The third-order valence-corrected chi connectivity index (χ3v) is 3.73. The highest BCUT2D eigenvalue weighted by Crippen LogP contribution is 2.38. The van der Waals surface area contributed by atoms with Crippen LogP contribution in [0.15, 0.2) is 42.5 Å². The van der Waals surface area contributed by atoms with E-state index in [-0.39, 0.29) is 10.6 Å². The topological polar surface area (TPSA) is 46.4 Å². The second-order valence-corrected chi connectivity index (χ2v) is 5.13. The van der Waals surface area contributed by atoms with Crippen molar-refractivity contribution in [3.63, 3.8) is 0 Å². The van der Waals surface area contributed by atoms with E-state index >= 15 is 0 Å². The molecule has 0 amide bonds. The Morgan fingerprint density at radius 3 is 2.75 bits per heavy atom. The summed E-state index contributed by atoms with van der Waals surface area (Å²) in [5.41, 5.74) is 4.12. The normalized spacial score (nSPS) is 13.9. The summed E-state index contributed by atoms with van der Waals surface area (Å²) >= 11 is 0. The summed E-state index contributed by atoms with van der Waals surface area (Å²) in [6.07, 6.45) is 2.05. The summed E-state index contributed by atoms with van der Waals surface area (Å²) < 4.78 is 0. The summed E-state index contributed by atoms with van der Waals surface area (Å²) in [6.45, 7) is 2.70. The van der Waals surface area contributed by atoms with Gasteiger partial charge in [-0.15, -0.1) is 0 Å². The first kappa shape index (κ1) is 12.7. The molecule has 0 aliphatic carbocycles. The van der Waals surface area contributed by atoms with Gasteiger partial charge in [-0.25, -0.2) is 0 Å². The molecule has 102 valence electrons. The molecule has 4 heteroatoms. The second-order valence-electron chi connectivity index (χ2n) is 5.13. The highest BCUT2D eigenvalue weighted by Gasteiger charge is 2.24. The van der Waals surface area contributed by atoms with Crippen LogP contribution in [0.1, 0.15) is 17.5 Å². The number of rotatable bonds is 2. The molecule has 2 aromatic rings. The monoisotopic (exact) mass is 268 g/mol. The van der Waals surface area contributed by atoms with Crippen molar-refractivity contribution < 1.29 is 4.92 Å². The number of hydrogen-bond acceptors (Lipinski definition) is 3. The molecule has 0 spiro atoms. The van der Waals surface area contributed by atoms with E-state index in [4.69, 9.17) is 0 Å². The lowest BCUT2D eigenvalue weighted by Gasteiger charge is -2.31. The van der Waals surface area contributed by atoms with E-state index in [1.54, 1.807) is 6.07 Å². The summed E-state index contributed by atoms with van der Waals surface area (Å²) in [6, 6.07) is 13.6. The van der Waals surface area contributed by atoms with Gasteiger partial charge in [0.15, 0.2) is 0 Å². The Hall–Kier alpha value is -2.36. The average Bonchev–Trinajstić information content (AvgIpc) is 2.46. The molecule has 0 bridgehead atoms. The molecule has 0 radical (unpaired) electrons. The highest BCUT2D eigenvalue weighted by molar-refractivity contribution is 5.75. The molecule has 0 atom stereocenters. The van der Waals surface area contributed by atoms with Crippen LogP contribution in [0.5, 0.6) is 0 Å². The summed E-state index contributed by atoms with van der Waals surface area (Å²) in [5, 5.41) is 11.3. The molecule has 0 saturated heterocycles. The third-order valence-electron chi connectivity index (χ3n) is 3.73. The lowest BCUT2D eigenvalue weighted by Crippen LogP contribution is -2.25. The maximum Gasteiger partial charge on any atom is 0.293 e. The average molecular weight is 268 g/mol. The first-order chi connectivity index (χ1) is 9.66. The molecule has 4 nitrogen and oxygen atoms in total. The molecule has 2 aromatic carbocycles. The minimum atomic E-state index is -0.292. The standard InChI is InChI=1S/C16H16N2O2/c1-12-8-9-15(16(11-12)18(19)20)17-10-4-6-13-5-2-3-7-14(13)17/h2-3,5,7-9,11H,4,6,10H2,1H3. The maximum atomic E-state index is 11.3. The van der Waals surface area contributed by atoms with E-state index in [1.807, 2.05) is 37.3 Å². The fraction of sp³-hybridized carbons (Fsp3) is 0.250. The number of hydrogen-bond donors (Lipinski definition) is 0. The second kappa shape index (κ2) is 4.96. The van der Waals surface area contributed by atoms with Gasteiger partial charge in [-0.1, -0.05) is 24.3 Å². The van der Waals surface area contributed by atoms with E-state index in [2.05, 4.69) is 11.0 Å². The van der Waals surface area contributed by atoms with Crippen LogP contribution in [0.2, 0.25) is 0 Å². The molecule has 0 N–H and O–H groups in total. The quantitative estimate of drug-likeness (QED) is 0.611. The Kier molecular flexibility index (Phi) is 3.14. The van der Waals surface area contributed by atoms with Gasteiger partial charge in [-0.2, -0.15) is 0 Å². The SMILES string of the molecule is Cc1ccc(N2CCCc3ccccc32)c([N+](=O)[O-])c1. The molecule has 20 heavy (non-hydrogen) atoms. The molecule has 0 aromatic heterocycles. The maximum absolute atomic E-state index is 11.3. The van der Waals surface area contributed by atoms with Crippen molar-refractivity contribution >= 4 is 17.1 Å². The Balaban J connectivity index is 2.13. The van der Waals surface area contributed by atoms with Crippen LogP contribution in [0.4, 0.5) is 17.1 Å². The van der Waals surface area contributed by atoms with E-state index < -0.39 is 0 Å². The number of aryl methyl sites for hydroxylation is 2. The zero-order valence-electron chi connectivity index (χ0n) is 11.4. The number of anilines is 2. The van der Waals surface area contributed by atoms with Crippen LogP contribution < -0.4 is 4.90 Å². The van der Waals surface area contributed by atoms with Crippen LogP contribution in [0.3, 0.4) is 0 Å². The van der Waals surface area contributed by atoms with Crippen molar-refractivity contribution in [2.24, 2.45) is 0 Å². The van der Waals surface area contributed by atoms with Crippen LogP contribution in [0, 0.1) is 17.0 Å². The summed E-state index contributed by atoms with van der Waals surface area (Å²) in [4.78, 5) is 13.1. The van der Waals surface area contributed by atoms with Crippen LogP contribution >= 0.6 is 0 Å². The minimum Gasteiger partial charge on any atom is -0.336 e. The van der Waals surface area contributed by atoms with Gasteiger partial charge < -0.3 is 4.90 Å². The minimum absolute atomic E-state index is 0.182. The molecule has 1 aliphatic rings. The van der Waals surface area contributed by atoms with Crippen LogP contribution in [0.25, 0.3) is 0 Å². The summed E-state index contributed by atoms with van der Waals surface area (Å²) in [7, 11) is 0. The fourth-order valence-electron chi connectivity index (χ4n) is 2.79. The fourth-order valence-corrected chi connectivity index (χ4v) is 2.79. The van der Waals surface area contributed by atoms with Crippen molar-refractivity contribution in [1.29, 1.82) is 0 Å². The predicted molar refractivity (Wildman–Crippen MR) is 79.6 cm³/mol. The lowest BCUT2D eigenvalue weighted by molar-refractivity contribution is -0.384. The zero-order chi connectivity index (χ0) is 14.1. The van der Waals surface area contributed by atoms with E-state index in [0.717, 1.165) is 30.6 Å². The number of nitrogens with zero attached hydrogens (tertiary/aromatic N) is 2. The zero-order valence-corrected chi connectivity index (χ0v) is 11.4. The molecule has 0 fully saturated rings. The predicted octanol–water partition coefficient (Wildman–Crippen LogP) is 3.99. The molecule has 1 aliphatic heterocycles. The largest absolute Gasteiger partial charge is 0.336 e. The lowest BCUT2D eigenvalue weighted by atomic mass is 10.0. The highest BCUT2D eigenvalue weighted by atomic mass is 16.6. The van der Waals surface area contributed by atoms with Gasteiger partial charge in [0.05, 0.1) is 4.92 Å². The first-order valence-corrected chi connectivity index (χ1v) is 6.77. The third kappa shape index (κ3) is 2.13. The molecular formula is C16H16N2O2. The molecule has 0 unspecified atom stereocenters. The van der Waals surface area contributed by atoms with Gasteiger partial charge in [-0.3, -0.25) is 10.1 Å². The molecular weight excluding hydrogens is 252 g/mol. The van der Waals surface area contributed by atoms with Crippen molar-refractivity contribution in [2.75, 3.05) is 11.4 Å². The van der Waals surface area contributed by atoms with E-state index in [0.29, 0.717) is 5.69 Å². The van der Waals surface area contributed by atoms with Crippen LogP contribution in [-0.4, -0.2) is 11.5 Å². The Labute approximate surface area is 117 Å². The molecule has 0 saturated carbocycles. The van der Waals surface area contributed by atoms with Gasteiger partial charge in [0, 0.05) is 18.3 Å². The van der Waals surface area contributed by atoms with Crippen molar-refractivity contribution in [3.05, 3.63) is 63.7 Å².